The van der Waals surface area contributed by atoms with E-state index in [9.17, 15) is 0 Å². The van der Waals surface area contributed by atoms with Crippen LogP contribution in [0.3, 0.4) is 0 Å². The Balaban J connectivity index is 2.69. The summed E-state index contributed by atoms with van der Waals surface area (Å²) in [6.45, 7) is 15.6. The highest BCUT2D eigenvalue weighted by molar-refractivity contribution is 5.43. The molecule has 0 aromatic carbocycles. The fourth-order valence-electron chi connectivity index (χ4n) is 2.29. The summed E-state index contributed by atoms with van der Waals surface area (Å²) in [5.41, 5.74) is 1.31. The summed E-state index contributed by atoms with van der Waals surface area (Å²) in [7, 11) is 0. The highest BCUT2D eigenvalue weighted by Crippen LogP contribution is 2.16. The van der Waals surface area contributed by atoms with Gasteiger partial charge >= 0.3 is 0 Å². The van der Waals surface area contributed by atoms with E-state index in [0.29, 0.717) is 0 Å². The molecule has 0 atom stereocenters. The standard InChI is InChI=1S/C18H33N3/c1-6-19-18-17(8-7-11-20-18)14-21(12-9-15(2)3)13-10-16(4)5/h7-8,11,15-16H,6,9-10,12-14H2,1-5H3,(H,19,20). The molecule has 0 bridgehead atoms. The third-order valence-corrected chi connectivity index (χ3v) is 3.67. The fourth-order valence-corrected chi connectivity index (χ4v) is 2.29. The van der Waals surface area contributed by atoms with Crippen molar-refractivity contribution in [1.82, 2.24) is 9.88 Å². The van der Waals surface area contributed by atoms with Crippen LogP contribution in [0.2, 0.25) is 0 Å². The predicted octanol–water partition coefficient (Wildman–Crippen LogP) is 4.41. The van der Waals surface area contributed by atoms with Gasteiger partial charge in [0.05, 0.1) is 0 Å². The summed E-state index contributed by atoms with van der Waals surface area (Å²) in [5, 5.41) is 3.37. The van der Waals surface area contributed by atoms with Crippen molar-refractivity contribution >= 4 is 5.82 Å². The molecule has 3 heteroatoms. The monoisotopic (exact) mass is 291 g/mol. The number of nitrogens with one attached hydrogen (secondary N) is 1. The van der Waals surface area contributed by atoms with Gasteiger partial charge in [0.15, 0.2) is 0 Å². The lowest BCUT2D eigenvalue weighted by Crippen LogP contribution is -2.28. The van der Waals surface area contributed by atoms with E-state index in [1.54, 1.807) is 0 Å². The molecule has 21 heavy (non-hydrogen) atoms. The smallest absolute Gasteiger partial charge is 0.130 e. The Hall–Kier alpha value is -1.09. The fraction of sp³-hybridized carbons (Fsp3) is 0.722. The van der Waals surface area contributed by atoms with Gasteiger partial charge in [-0.1, -0.05) is 33.8 Å². The molecule has 1 aromatic heterocycles. The maximum Gasteiger partial charge on any atom is 0.130 e. The van der Waals surface area contributed by atoms with Crippen LogP contribution >= 0.6 is 0 Å². The van der Waals surface area contributed by atoms with Crippen molar-refractivity contribution in [1.29, 1.82) is 0 Å². The van der Waals surface area contributed by atoms with Crippen molar-refractivity contribution < 1.29 is 0 Å². The number of nitrogens with zero attached hydrogens (tertiary/aromatic N) is 2. The summed E-state index contributed by atoms with van der Waals surface area (Å²) in [6.07, 6.45) is 4.39. The Labute approximate surface area is 131 Å². The van der Waals surface area contributed by atoms with Crippen LogP contribution in [0.25, 0.3) is 0 Å². The minimum Gasteiger partial charge on any atom is -0.370 e. The Morgan fingerprint density at radius 2 is 1.71 bits per heavy atom. The van der Waals surface area contributed by atoms with E-state index in [4.69, 9.17) is 0 Å². The van der Waals surface area contributed by atoms with Crippen LogP contribution in [0, 0.1) is 11.8 Å². The van der Waals surface area contributed by atoms with Gasteiger partial charge in [0.2, 0.25) is 0 Å². The Bertz CT molecular complexity index is 376. The molecule has 120 valence electrons. The molecule has 1 N–H and O–H groups in total. The van der Waals surface area contributed by atoms with Gasteiger partial charge in [-0.2, -0.15) is 0 Å². The number of anilines is 1. The highest BCUT2D eigenvalue weighted by atomic mass is 15.1. The maximum atomic E-state index is 4.47. The zero-order valence-electron chi connectivity index (χ0n) is 14.5. The molecule has 0 radical (unpaired) electrons. The number of aromatic nitrogens is 1. The van der Waals surface area contributed by atoms with Gasteiger partial charge in [-0.3, -0.25) is 4.90 Å². The summed E-state index contributed by atoms with van der Waals surface area (Å²) in [6, 6.07) is 4.24. The number of rotatable bonds is 10. The van der Waals surface area contributed by atoms with Gasteiger partial charge in [0.25, 0.3) is 0 Å². The summed E-state index contributed by atoms with van der Waals surface area (Å²) in [4.78, 5) is 7.06. The SMILES string of the molecule is CCNc1ncccc1CN(CCC(C)C)CCC(C)C. The maximum absolute atomic E-state index is 4.47. The lowest BCUT2D eigenvalue weighted by atomic mass is 10.1. The second-order valence-corrected chi connectivity index (χ2v) is 6.68. The molecule has 0 aliphatic carbocycles. The summed E-state index contributed by atoms with van der Waals surface area (Å²) >= 11 is 0. The van der Waals surface area contributed by atoms with Gasteiger partial charge in [-0.25, -0.2) is 4.98 Å². The Morgan fingerprint density at radius 1 is 1.10 bits per heavy atom. The van der Waals surface area contributed by atoms with E-state index in [1.165, 1.54) is 31.5 Å². The van der Waals surface area contributed by atoms with Crippen molar-refractivity contribution in [2.75, 3.05) is 25.0 Å². The van der Waals surface area contributed by atoms with E-state index in [0.717, 1.165) is 30.7 Å². The third-order valence-electron chi connectivity index (χ3n) is 3.67. The van der Waals surface area contributed by atoms with Crippen LogP contribution in [0.5, 0.6) is 0 Å². The minimum atomic E-state index is 0.758. The lowest BCUT2D eigenvalue weighted by Gasteiger charge is -2.25. The zero-order chi connectivity index (χ0) is 15.7. The molecule has 0 amide bonds. The highest BCUT2D eigenvalue weighted by Gasteiger charge is 2.11. The van der Waals surface area contributed by atoms with Crippen molar-refractivity contribution in [2.45, 2.75) is 54.0 Å². The first-order valence-electron chi connectivity index (χ1n) is 8.43. The van der Waals surface area contributed by atoms with Crippen molar-refractivity contribution in [3.63, 3.8) is 0 Å². The van der Waals surface area contributed by atoms with Gasteiger partial charge < -0.3 is 5.32 Å². The van der Waals surface area contributed by atoms with E-state index in [1.807, 2.05) is 12.3 Å². The second-order valence-electron chi connectivity index (χ2n) is 6.68. The third kappa shape index (κ3) is 7.47. The van der Waals surface area contributed by atoms with E-state index >= 15 is 0 Å². The summed E-state index contributed by atoms with van der Waals surface area (Å²) < 4.78 is 0. The minimum absolute atomic E-state index is 0.758. The number of hydrogen-bond acceptors (Lipinski definition) is 3. The molecule has 0 spiro atoms. The van der Waals surface area contributed by atoms with Crippen LogP contribution < -0.4 is 5.32 Å². The van der Waals surface area contributed by atoms with Gasteiger partial charge in [-0.15, -0.1) is 0 Å². The van der Waals surface area contributed by atoms with Crippen LogP contribution in [-0.4, -0.2) is 29.5 Å². The van der Waals surface area contributed by atoms with Crippen LogP contribution in [0.1, 0.15) is 53.0 Å². The lowest BCUT2D eigenvalue weighted by molar-refractivity contribution is 0.236. The Morgan fingerprint density at radius 3 is 2.24 bits per heavy atom. The first-order valence-corrected chi connectivity index (χ1v) is 8.43. The van der Waals surface area contributed by atoms with E-state index in [2.05, 4.69) is 55.9 Å². The molecule has 0 fully saturated rings. The number of pyridine rings is 1. The normalized spacial score (nSPS) is 11.6. The molecule has 0 aliphatic heterocycles. The van der Waals surface area contributed by atoms with Crippen LogP contribution in [0.15, 0.2) is 18.3 Å². The van der Waals surface area contributed by atoms with Gasteiger partial charge in [-0.05, 0) is 50.8 Å². The van der Waals surface area contributed by atoms with Crippen LogP contribution in [-0.2, 0) is 6.54 Å². The first-order chi connectivity index (χ1) is 10.0. The first kappa shape index (κ1) is 18.0. The van der Waals surface area contributed by atoms with Crippen LogP contribution in [0.4, 0.5) is 5.82 Å². The van der Waals surface area contributed by atoms with Crippen molar-refractivity contribution in [3.05, 3.63) is 23.9 Å². The molecule has 1 aromatic rings. The molecule has 0 aliphatic rings. The quantitative estimate of drug-likeness (QED) is 0.692. The van der Waals surface area contributed by atoms with E-state index in [-0.39, 0.29) is 0 Å². The van der Waals surface area contributed by atoms with E-state index < -0.39 is 0 Å². The molecule has 0 saturated carbocycles. The largest absolute Gasteiger partial charge is 0.370 e. The molecular formula is C18H33N3. The molecule has 1 rings (SSSR count). The van der Waals surface area contributed by atoms with Gasteiger partial charge in [0.1, 0.15) is 5.82 Å². The molecular weight excluding hydrogens is 258 g/mol. The zero-order valence-corrected chi connectivity index (χ0v) is 14.5. The average molecular weight is 291 g/mol. The molecule has 0 saturated heterocycles. The summed E-state index contributed by atoms with van der Waals surface area (Å²) in [5.74, 6) is 2.56. The molecule has 0 unspecified atom stereocenters. The van der Waals surface area contributed by atoms with Crippen molar-refractivity contribution in [2.24, 2.45) is 11.8 Å². The topological polar surface area (TPSA) is 28.2 Å². The van der Waals surface area contributed by atoms with Crippen molar-refractivity contribution in [3.8, 4) is 0 Å². The second kappa shape index (κ2) is 9.78. The predicted molar refractivity (Wildman–Crippen MR) is 92.6 cm³/mol. The Kier molecular flexibility index (Phi) is 8.36. The molecule has 1 heterocycles. The number of hydrogen-bond donors (Lipinski definition) is 1. The van der Waals surface area contributed by atoms with Gasteiger partial charge in [0, 0.05) is 24.8 Å². The molecule has 3 nitrogen and oxygen atoms in total. The average Bonchev–Trinajstić information content (AvgIpc) is 2.43.